The number of hydrogen-bond donors (Lipinski definition) is 3. The molecular weight excluding hydrogens is 214 g/mol. The zero-order valence-electron chi connectivity index (χ0n) is 11.2. The molecule has 102 valence electrons. The van der Waals surface area contributed by atoms with Crippen molar-refractivity contribution in [1.82, 2.24) is 20.4 Å². The molecule has 5 nitrogen and oxygen atoms in total. The molecule has 1 fully saturated rings. The van der Waals surface area contributed by atoms with Gasteiger partial charge in [0.1, 0.15) is 0 Å². The Kier molecular flexibility index (Phi) is 8.56. The first kappa shape index (κ1) is 14.9. The number of rotatable bonds is 9. The van der Waals surface area contributed by atoms with Gasteiger partial charge in [0.05, 0.1) is 0 Å². The van der Waals surface area contributed by atoms with Gasteiger partial charge in [0.25, 0.3) is 0 Å². The highest BCUT2D eigenvalue weighted by Crippen LogP contribution is 1.99. The molecule has 1 rings (SSSR count). The third kappa shape index (κ3) is 6.95. The lowest BCUT2D eigenvalue weighted by Gasteiger charge is -2.34. The molecular formula is C12H29N5. The quantitative estimate of drug-likeness (QED) is 0.442. The Morgan fingerprint density at radius 2 is 1.41 bits per heavy atom. The van der Waals surface area contributed by atoms with Crippen molar-refractivity contribution in [3.8, 4) is 0 Å². The molecule has 0 aromatic heterocycles. The van der Waals surface area contributed by atoms with Crippen molar-refractivity contribution in [3.05, 3.63) is 0 Å². The maximum atomic E-state index is 5.44. The Labute approximate surface area is 106 Å². The highest BCUT2D eigenvalue weighted by molar-refractivity contribution is 4.72. The maximum absolute atomic E-state index is 5.44. The molecule has 1 heterocycles. The van der Waals surface area contributed by atoms with E-state index in [1.54, 1.807) is 0 Å². The summed E-state index contributed by atoms with van der Waals surface area (Å²) in [5.74, 6) is 0. The van der Waals surface area contributed by atoms with Crippen LogP contribution in [0.1, 0.15) is 6.92 Å². The van der Waals surface area contributed by atoms with Gasteiger partial charge >= 0.3 is 0 Å². The van der Waals surface area contributed by atoms with Crippen LogP contribution in [0.15, 0.2) is 0 Å². The van der Waals surface area contributed by atoms with Crippen molar-refractivity contribution in [2.75, 3.05) is 72.0 Å². The molecule has 1 saturated heterocycles. The van der Waals surface area contributed by atoms with Crippen LogP contribution >= 0.6 is 0 Å². The zero-order valence-corrected chi connectivity index (χ0v) is 11.2. The summed E-state index contributed by atoms with van der Waals surface area (Å²) in [4.78, 5) is 5.08. The van der Waals surface area contributed by atoms with E-state index in [1.807, 2.05) is 0 Å². The average molecular weight is 243 g/mol. The van der Waals surface area contributed by atoms with E-state index in [2.05, 4.69) is 27.4 Å². The van der Waals surface area contributed by atoms with E-state index in [0.717, 1.165) is 39.3 Å². The molecule has 5 heteroatoms. The van der Waals surface area contributed by atoms with Crippen LogP contribution in [0.3, 0.4) is 0 Å². The smallest absolute Gasteiger partial charge is 0.0110 e. The molecule has 0 amide bonds. The van der Waals surface area contributed by atoms with E-state index in [4.69, 9.17) is 5.73 Å². The van der Waals surface area contributed by atoms with Gasteiger partial charge in [-0.15, -0.1) is 0 Å². The van der Waals surface area contributed by atoms with Crippen LogP contribution < -0.4 is 16.4 Å². The molecule has 0 saturated carbocycles. The Balaban J connectivity index is 1.97. The van der Waals surface area contributed by atoms with E-state index in [0.29, 0.717) is 0 Å². The predicted molar refractivity (Wildman–Crippen MR) is 73.3 cm³/mol. The first-order valence-electron chi connectivity index (χ1n) is 6.93. The average Bonchev–Trinajstić information content (AvgIpc) is 2.37. The number of hydrogen-bond acceptors (Lipinski definition) is 5. The van der Waals surface area contributed by atoms with Crippen molar-refractivity contribution in [2.45, 2.75) is 6.92 Å². The van der Waals surface area contributed by atoms with E-state index >= 15 is 0 Å². The third-order valence-corrected chi connectivity index (χ3v) is 3.25. The Morgan fingerprint density at radius 3 is 1.88 bits per heavy atom. The highest BCUT2D eigenvalue weighted by atomic mass is 15.3. The van der Waals surface area contributed by atoms with Gasteiger partial charge in [-0.3, -0.25) is 9.80 Å². The van der Waals surface area contributed by atoms with Crippen LogP contribution in [0.5, 0.6) is 0 Å². The first-order chi connectivity index (χ1) is 8.36. The minimum atomic E-state index is 0.734. The van der Waals surface area contributed by atoms with Crippen LogP contribution in [0.25, 0.3) is 0 Å². The largest absolute Gasteiger partial charge is 0.329 e. The molecule has 0 spiro atoms. The van der Waals surface area contributed by atoms with Crippen molar-refractivity contribution >= 4 is 0 Å². The molecule has 0 aliphatic carbocycles. The summed E-state index contributed by atoms with van der Waals surface area (Å²) in [5, 5.41) is 6.72. The Morgan fingerprint density at radius 1 is 0.882 bits per heavy atom. The molecule has 0 atom stereocenters. The monoisotopic (exact) mass is 243 g/mol. The van der Waals surface area contributed by atoms with E-state index in [1.165, 1.54) is 32.7 Å². The Hall–Kier alpha value is -0.200. The molecule has 0 aromatic rings. The fourth-order valence-electron chi connectivity index (χ4n) is 2.11. The molecule has 1 aliphatic rings. The summed E-state index contributed by atoms with van der Waals surface area (Å²) in [5.41, 5.74) is 5.44. The van der Waals surface area contributed by atoms with Crippen molar-refractivity contribution in [1.29, 1.82) is 0 Å². The predicted octanol–water partition coefficient (Wildman–Crippen LogP) is -1.24. The fraction of sp³-hybridized carbons (Fsp3) is 1.00. The lowest BCUT2D eigenvalue weighted by molar-refractivity contribution is 0.134. The molecule has 0 bridgehead atoms. The SMILES string of the molecule is CCNCCN1CCN(CCNCCN)CC1. The van der Waals surface area contributed by atoms with Gasteiger partial charge < -0.3 is 16.4 Å². The van der Waals surface area contributed by atoms with Crippen LogP contribution in [0, 0.1) is 0 Å². The van der Waals surface area contributed by atoms with Crippen LogP contribution in [-0.4, -0.2) is 81.8 Å². The molecule has 0 unspecified atom stereocenters. The third-order valence-electron chi connectivity index (χ3n) is 3.25. The van der Waals surface area contributed by atoms with Gasteiger partial charge in [0, 0.05) is 65.4 Å². The normalized spacial score (nSPS) is 18.7. The van der Waals surface area contributed by atoms with Gasteiger partial charge in [-0.2, -0.15) is 0 Å². The number of nitrogens with two attached hydrogens (primary N) is 1. The minimum absolute atomic E-state index is 0.734. The van der Waals surface area contributed by atoms with Crippen LogP contribution in [0.2, 0.25) is 0 Å². The number of piperazine rings is 1. The number of nitrogens with zero attached hydrogens (tertiary/aromatic N) is 2. The van der Waals surface area contributed by atoms with Gasteiger partial charge in [-0.25, -0.2) is 0 Å². The van der Waals surface area contributed by atoms with E-state index in [9.17, 15) is 0 Å². The molecule has 0 aromatic carbocycles. The second-order valence-corrected chi connectivity index (χ2v) is 4.58. The lowest BCUT2D eigenvalue weighted by Crippen LogP contribution is -2.49. The van der Waals surface area contributed by atoms with Crippen molar-refractivity contribution < 1.29 is 0 Å². The minimum Gasteiger partial charge on any atom is -0.329 e. The number of likely N-dealkylation sites (N-methyl/N-ethyl adjacent to an activating group) is 1. The summed E-state index contributed by atoms with van der Waals surface area (Å²) in [7, 11) is 0. The first-order valence-corrected chi connectivity index (χ1v) is 6.93. The summed E-state index contributed by atoms with van der Waals surface area (Å²) >= 11 is 0. The topological polar surface area (TPSA) is 56.6 Å². The summed E-state index contributed by atoms with van der Waals surface area (Å²) in [6.45, 7) is 14.3. The molecule has 4 N–H and O–H groups in total. The van der Waals surface area contributed by atoms with Gasteiger partial charge in [0.2, 0.25) is 0 Å². The lowest BCUT2D eigenvalue weighted by atomic mass is 10.3. The van der Waals surface area contributed by atoms with Crippen LogP contribution in [0.4, 0.5) is 0 Å². The number of nitrogens with one attached hydrogen (secondary N) is 2. The highest BCUT2D eigenvalue weighted by Gasteiger charge is 2.15. The fourth-order valence-corrected chi connectivity index (χ4v) is 2.11. The van der Waals surface area contributed by atoms with Gasteiger partial charge in [-0.05, 0) is 6.54 Å². The standard InChI is InChI=1S/C12H29N5/c1-2-14-5-7-16-9-11-17(12-10-16)8-6-15-4-3-13/h14-15H,2-13H2,1H3. The van der Waals surface area contributed by atoms with Crippen molar-refractivity contribution in [2.24, 2.45) is 5.73 Å². The van der Waals surface area contributed by atoms with Crippen LogP contribution in [-0.2, 0) is 0 Å². The second kappa shape index (κ2) is 9.79. The second-order valence-electron chi connectivity index (χ2n) is 4.58. The summed E-state index contributed by atoms with van der Waals surface area (Å²) in [6.07, 6.45) is 0. The Bertz CT molecular complexity index is 168. The maximum Gasteiger partial charge on any atom is 0.0110 e. The molecule has 0 radical (unpaired) electrons. The van der Waals surface area contributed by atoms with Gasteiger partial charge in [-0.1, -0.05) is 6.92 Å². The van der Waals surface area contributed by atoms with E-state index in [-0.39, 0.29) is 0 Å². The summed E-state index contributed by atoms with van der Waals surface area (Å²) in [6, 6.07) is 0. The molecule has 1 aliphatic heterocycles. The zero-order chi connectivity index (χ0) is 12.3. The van der Waals surface area contributed by atoms with Crippen molar-refractivity contribution in [3.63, 3.8) is 0 Å². The summed E-state index contributed by atoms with van der Waals surface area (Å²) < 4.78 is 0. The van der Waals surface area contributed by atoms with E-state index < -0.39 is 0 Å². The van der Waals surface area contributed by atoms with Gasteiger partial charge in [0.15, 0.2) is 0 Å². The molecule has 17 heavy (non-hydrogen) atoms.